The van der Waals surface area contributed by atoms with Crippen molar-refractivity contribution in [1.29, 1.82) is 0 Å². The summed E-state index contributed by atoms with van der Waals surface area (Å²) in [6.07, 6.45) is 6.69. The van der Waals surface area contributed by atoms with Gasteiger partial charge in [-0.05, 0) is 104 Å². The SMILES string of the molecule is C1=Cc2c(n(-c3ccccc3-c3ccccc3N(c3ccc(-c4cc5ccccc5c5ccccc45)cc3)c3cccc(-c4ccccc4)c3)c3c2ccc2ccccc23)CC1. The van der Waals surface area contributed by atoms with Crippen LogP contribution >= 0.6 is 0 Å². The lowest BCUT2D eigenvalue weighted by Crippen LogP contribution is -2.12. The van der Waals surface area contributed by atoms with Crippen LogP contribution in [-0.2, 0) is 6.42 Å². The van der Waals surface area contributed by atoms with E-state index in [4.69, 9.17) is 0 Å². The second kappa shape index (κ2) is 15.0. The fourth-order valence-corrected chi connectivity index (χ4v) is 10.0. The molecule has 62 heavy (non-hydrogen) atoms. The van der Waals surface area contributed by atoms with Gasteiger partial charge in [-0.2, -0.15) is 0 Å². The lowest BCUT2D eigenvalue weighted by atomic mass is 9.93. The lowest BCUT2D eigenvalue weighted by Gasteiger charge is -2.29. The number of hydrogen-bond donors (Lipinski definition) is 0. The first-order chi connectivity index (χ1) is 30.8. The van der Waals surface area contributed by atoms with Crippen LogP contribution in [0, 0.1) is 0 Å². The second-order valence-electron chi connectivity index (χ2n) is 16.3. The van der Waals surface area contributed by atoms with Crippen molar-refractivity contribution < 1.29 is 0 Å². The molecule has 0 radical (unpaired) electrons. The molecule has 11 aromatic rings. The number of para-hydroxylation sites is 2. The molecule has 0 atom stereocenters. The second-order valence-corrected chi connectivity index (χ2v) is 16.3. The number of anilines is 3. The number of benzene rings is 10. The van der Waals surface area contributed by atoms with Gasteiger partial charge >= 0.3 is 0 Å². The summed E-state index contributed by atoms with van der Waals surface area (Å²) in [4.78, 5) is 2.45. The van der Waals surface area contributed by atoms with Crippen LogP contribution in [0.2, 0.25) is 0 Å². The highest BCUT2D eigenvalue weighted by Crippen LogP contribution is 2.46. The third-order valence-corrected chi connectivity index (χ3v) is 12.8. The smallest absolute Gasteiger partial charge is 0.0616 e. The van der Waals surface area contributed by atoms with E-state index in [9.17, 15) is 0 Å². The number of fused-ring (bicyclic) bond motifs is 8. The van der Waals surface area contributed by atoms with E-state index in [0.717, 1.165) is 29.9 Å². The maximum absolute atomic E-state index is 2.58. The van der Waals surface area contributed by atoms with Crippen molar-refractivity contribution in [2.75, 3.05) is 4.90 Å². The molecule has 0 bridgehead atoms. The van der Waals surface area contributed by atoms with Gasteiger partial charge in [0.2, 0.25) is 0 Å². The molecule has 0 saturated heterocycles. The summed E-state index contributed by atoms with van der Waals surface area (Å²) in [6, 6.07) is 80.1. The standard InChI is InChI=1S/C60H42N2/c1-2-17-41(18-3-1)44-21-16-22-47(39-44)61(46-36-33-43(34-37-46)56-40-45-20-5-6-23-48(45)50-25-8-9-26-51(50)56)57-30-13-10-27-52(57)53-28-11-14-31-58(53)62-59-32-15-12-29-54(59)55-38-35-42-19-4-7-24-49(42)60(55)62/h1-14,16-31,33-40H,15,32H2. The van der Waals surface area contributed by atoms with E-state index in [-0.39, 0.29) is 0 Å². The molecule has 0 N–H and O–H groups in total. The first-order valence-corrected chi connectivity index (χ1v) is 21.7. The minimum atomic E-state index is 0.988. The molecule has 1 aliphatic carbocycles. The first kappa shape index (κ1) is 36.0. The summed E-state index contributed by atoms with van der Waals surface area (Å²) in [5.74, 6) is 0. The summed E-state index contributed by atoms with van der Waals surface area (Å²) in [7, 11) is 0. The molecule has 0 unspecified atom stereocenters. The van der Waals surface area contributed by atoms with Crippen molar-refractivity contribution in [2.24, 2.45) is 0 Å². The largest absolute Gasteiger partial charge is 0.312 e. The molecule has 0 fully saturated rings. The Balaban J connectivity index is 1.07. The van der Waals surface area contributed by atoms with Gasteiger partial charge in [-0.25, -0.2) is 0 Å². The van der Waals surface area contributed by atoms with Crippen LogP contribution in [0.5, 0.6) is 0 Å². The van der Waals surface area contributed by atoms with Gasteiger partial charge < -0.3 is 9.47 Å². The highest BCUT2D eigenvalue weighted by molar-refractivity contribution is 6.14. The van der Waals surface area contributed by atoms with E-state index in [1.54, 1.807) is 0 Å². The maximum atomic E-state index is 2.58. The zero-order valence-electron chi connectivity index (χ0n) is 34.2. The first-order valence-electron chi connectivity index (χ1n) is 21.7. The molecule has 10 aromatic carbocycles. The Morgan fingerprint density at radius 2 is 1.06 bits per heavy atom. The molecule has 2 nitrogen and oxygen atoms in total. The van der Waals surface area contributed by atoms with Crippen LogP contribution in [0.1, 0.15) is 17.7 Å². The molecule has 0 aliphatic heterocycles. The Morgan fingerprint density at radius 1 is 0.387 bits per heavy atom. The monoisotopic (exact) mass is 790 g/mol. The minimum Gasteiger partial charge on any atom is -0.312 e. The maximum Gasteiger partial charge on any atom is 0.0616 e. The Bertz CT molecular complexity index is 3520. The number of aromatic nitrogens is 1. The molecule has 1 aliphatic rings. The Morgan fingerprint density at radius 3 is 1.92 bits per heavy atom. The number of hydrogen-bond acceptors (Lipinski definition) is 1. The van der Waals surface area contributed by atoms with Gasteiger partial charge in [-0.1, -0.05) is 188 Å². The minimum absolute atomic E-state index is 0.988. The fourth-order valence-electron chi connectivity index (χ4n) is 10.0. The normalized spacial score (nSPS) is 12.3. The molecule has 0 amide bonds. The molecular weight excluding hydrogens is 749 g/mol. The van der Waals surface area contributed by atoms with E-state index in [1.165, 1.54) is 93.5 Å². The molecule has 12 rings (SSSR count). The third kappa shape index (κ3) is 5.95. The highest BCUT2D eigenvalue weighted by atomic mass is 15.1. The van der Waals surface area contributed by atoms with Crippen LogP contribution in [-0.4, -0.2) is 4.57 Å². The van der Waals surface area contributed by atoms with Gasteiger partial charge in [0.1, 0.15) is 0 Å². The average Bonchev–Trinajstić information content (AvgIpc) is 3.69. The van der Waals surface area contributed by atoms with E-state index >= 15 is 0 Å². The highest BCUT2D eigenvalue weighted by Gasteiger charge is 2.25. The molecule has 292 valence electrons. The third-order valence-electron chi connectivity index (χ3n) is 12.8. The van der Waals surface area contributed by atoms with Gasteiger partial charge in [0.15, 0.2) is 0 Å². The van der Waals surface area contributed by atoms with Gasteiger partial charge in [0, 0.05) is 44.5 Å². The van der Waals surface area contributed by atoms with Crippen LogP contribution < -0.4 is 4.90 Å². The van der Waals surface area contributed by atoms with Gasteiger partial charge in [0.05, 0.1) is 16.9 Å². The van der Waals surface area contributed by atoms with Crippen LogP contribution in [0.25, 0.3) is 88.4 Å². The molecule has 1 heterocycles. The van der Waals surface area contributed by atoms with Crippen molar-refractivity contribution in [3.8, 4) is 39.1 Å². The quantitative estimate of drug-likeness (QED) is 0.146. The molecule has 2 heteroatoms. The van der Waals surface area contributed by atoms with Crippen molar-refractivity contribution >= 4 is 66.4 Å². The lowest BCUT2D eigenvalue weighted by molar-refractivity contribution is 0.890. The van der Waals surface area contributed by atoms with E-state index in [2.05, 4.69) is 240 Å². The van der Waals surface area contributed by atoms with Crippen LogP contribution in [0.15, 0.2) is 224 Å². The molecule has 0 spiro atoms. The van der Waals surface area contributed by atoms with Gasteiger partial charge in [0.25, 0.3) is 0 Å². The number of nitrogens with zero attached hydrogens (tertiary/aromatic N) is 2. The van der Waals surface area contributed by atoms with Crippen molar-refractivity contribution in [2.45, 2.75) is 12.8 Å². The van der Waals surface area contributed by atoms with E-state index in [1.807, 2.05) is 0 Å². The molecule has 1 aromatic heterocycles. The summed E-state index contributed by atoms with van der Waals surface area (Å²) < 4.78 is 2.58. The Labute approximate surface area is 361 Å². The van der Waals surface area contributed by atoms with Crippen molar-refractivity contribution in [3.63, 3.8) is 0 Å². The van der Waals surface area contributed by atoms with E-state index in [0.29, 0.717) is 0 Å². The molecular formula is C60H42N2. The summed E-state index contributed by atoms with van der Waals surface area (Å²) in [5, 5.41) is 8.89. The summed E-state index contributed by atoms with van der Waals surface area (Å²) >= 11 is 0. The predicted octanol–water partition coefficient (Wildman–Crippen LogP) is 16.5. The Kier molecular flexibility index (Phi) is 8.67. The number of allylic oxidation sites excluding steroid dienone is 1. The van der Waals surface area contributed by atoms with Gasteiger partial charge in [-0.15, -0.1) is 0 Å². The average molecular weight is 791 g/mol. The van der Waals surface area contributed by atoms with Gasteiger partial charge in [-0.3, -0.25) is 0 Å². The van der Waals surface area contributed by atoms with Crippen molar-refractivity contribution in [3.05, 3.63) is 236 Å². The predicted molar refractivity (Wildman–Crippen MR) is 264 cm³/mol. The van der Waals surface area contributed by atoms with Crippen LogP contribution in [0.3, 0.4) is 0 Å². The van der Waals surface area contributed by atoms with Crippen molar-refractivity contribution in [1.82, 2.24) is 4.57 Å². The van der Waals surface area contributed by atoms with E-state index < -0.39 is 0 Å². The summed E-state index contributed by atoms with van der Waals surface area (Å²) in [5.41, 5.74) is 15.6. The zero-order chi connectivity index (χ0) is 41.0. The summed E-state index contributed by atoms with van der Waals surface area (Å²) in [6.45, 7) is 0. The topological polar surface area (TPSA) is 8.17 Å². The zero-order valence-corrected chi connectivity index (χ0v) is 34.2. The fraction of sp³-hybridized carbons (Fsp3) is 0.0333. The molecule has 0 saturated carbocycles. The Hall–Kier alpha value is -7.94. The number of rotatable bonds is 7. The van der Waals surface area contributed by atoms with Crippen LogP contribution in [0.4, 0.5) is 17.1 Å².